The molecule has 0 bridgehead atoms. The second kappa shape index (κ2) is 19.6. The number of carbonyl (C=O) groups is 6. The fourth-order valence-electron chi connectivity index (χ4n) is 5.08. The number of hydrogen-bond donors (Lipinski definition) is 13. The molecule has 0 aromatic heterocycles. The molecule has 1 fully saturated rings. The number of nitrogens with one attached hydrogen (secondary N) is 3. The Bertz CT molecular complexity index is 1410. The summed E-state index contributed by atoms with van der Waals surface area (Å²) >= 11 is 0. The molecular weight excluding hydrogens is 736 g/mol. The van der Waals surface area contributed by atoms with E-state index in [0.717, 1.165) is 6.92 Å². The third kappa shape index (κ3) is 14.1. The van der Waals surface area contributed by atoms with Crippen molar-refractivity contribution in [2.75, 3.05) is 19.3 Å². The number of ether oxygens (including phenoxy) is 2. The third-order valence-corrected chi connectivity index (χ3v) is 10.1. The van der Waals surface area contributed by atoms with E-state index in [0.29, 0.717) is 13.3 Å². The molecule has 1 heterocycles. The highest BCUT2D eigenvalue weighted by Crippen LogP contribution is 2.58. The lowest BCUT2D eigenvalue weighted by Gasteiger charge is -2.50. The molecule has 3 amide bonds. The number of aliphatic hydroxyl groups excluding tert-OH is 2. The SMILES string of the molecule is [2H]N(C(C)=O)[C@@](CP(=O)(O)OP(=O)(O)O)(C(=O)N[C@@H](CCC(=O)O)C(=O)N[C@@H](CCCCN)C(=O)O)C1O[C@H](CO)[C@@H](O)[C@H](O[C@H](C)C(=O)O)[C@H]1N. The summed E-state index contributed by atoms with van der Waals surface area (Å²) in [6.07, 6.45) is -13.6. The molecule has 26 heteroatoms. The van der Waals surface area contributed by atoms with Gasteiger partial charge in [-0.25, -0.2) is 18.5 Å². The lowest BCUT2D eigenvalue weighted by molar-refractivity contribution is -0.227. The molecular formula is C25H45N5O19P2. The van der Waals surface area contributed by atoms with Crippen LogP contribution >= 0.6 is 15.4 Å². The van der Waals surface area contributed by atoms with E-state index >= 15 is 0 Å². The Labute approximate surface area is 291 Å². The minimum Gasteiger partial charge on any atom is -0.481 e. The van der Waals surface area contributed by atoms with Crippen LogP contribution in [0, 0.1) is 0 Å². The van der Waals surface area contributed by atoms with Crippen LogP contribution in [0.5, 0.6) is 0 Å². The Kier molecular flexibility index (Phi) is 17.0. The zero-order chi connectivity index (χ0) is 40.4. The number of amides is 3. The van der Waals surface area contributed by atoms with Crippen molar-refractivity contribution < 1.29 is 93.3 Å². The van der Waals surface area contributed by atoms with Gasteiger partial charge in [-0.3, -0.25) is 23.7 Å². The van der Waals surface area contributed by atoms with E-state index in [4.69, 9.17) is 22.4 Å². The van der Waals surface area contributed by atoms with Gasteiger partial charge < -0.3 is 77.1 Å². The molecule has 1 saturated heterocycles. The lowest BCUT2D eigenvalue weighted by Crippen LogP contribution is -2.77. The molecule has 1 aliphatic rings. The van der Waals surface area contributed by atoms with Gasteiger partial charge in [-0.15, -0.1) is 0 Å². The predicted molar refractivity (Wildman–Crippen MR) is 167 cm³/mol. The summed E-state index contributed by atoms with van der Waals surface area (Å²) in [4.78, 5) is 105. The summed E-state index contributed by atoms with van der Waals surface area (Å²) in [5, 5.41) is 52.8. The van der Waals surface area contributed by atoms with Crippen molar-refractivity contribution in [2.24, 2.45) is 11.5 Å². The molecule has 15 N–H and O–H groups in total. The average Bonchev–Trinajstić information content (AvgIpc) is 3.01. The monoisotopic (exact) mass is 782 g/mol. The number of phosphoric acid groups is 1. The maximum absolute atomic E-state index is 14.4. The van der Waals surface area contributed by atoms with Crippen molar-refractivity contribution >= 4 is 51.0 Å². The molecule has 10 atom stereocenters. The van der Waals surface area contributed by atoms with Crippen molar-refractivity contribution in [3.8, 4) is 0 Å². The van der Waals surface area contributed by atoms with Crippen molar-refractivity contribution in [2.45, 2.75) is 100 Å². The lowest BCUT2D eigenvalue weighted by atomic mass is 9.81. The smallest absolute Gasteiger partial charge is 0.476 e. The molecule has 24 nitrogen and oxygen atoms in total. The van der Waals surface area contributed by atoms with Crippen LogP contribution in [0.2, 0.25) is 1.41 Å². The van der Waals surface area contributed by atoms with Gasteiger partial charge in [-0.2, -0.15) is 0 Å². The highest BCUT2D eigenvalue weighted by atomic mass is 31.3. The summed E-state index contributed by atoms with van der Waals surface area (Å²) in [7, 11) is -11.9. The molecule has 0 saturated carbocycles. The second-order valence-corrected chi connectivity index (χ2v) is 14.7. The first-order valence-electron chi connectivity index (χ1n) is 15.5. The van der Waals surface area contributed by atoms with Gasteiger partial charge in [0, 0.05) is 13.3 Å². The number of carbonyl (C=O) groups excluding carboxylic acids is 3. The number of aliphatic hydroxyl groups is 2. The van der Waals surface area contributed by atoms with E-state index in [2.05, 4.69) is 9.63 Å². The standard InChI is InChI=1S/C25H45N5O19P2/c1-11(22(37)38)47-19-17(27)20(48-15(9-31)18(19)35)25(30-12(2)32,10-50(42,43)49-51(44,45)46)24(41)29-13(6-7-16(33)34)21(36)28-14(23(39)40)5-3-4-8-26/h11,13-15,17-20,31,35H,3-10,26-27H2,1-2H3,(H,28,36)(H,29,41)(H,30,32)(H,33,34)(H,37,38)(H,39,40)(H,42,43)(H2,44,45,46)/t11-,13+,14+,15-,17-,18-,19-,20?,25-/m1/s1/i/hD. The largest absolute Gasteiger partial charge is 0.481 e. The minimum atomic E-state index is -5.95. The van der Waals surface area contributed by atoms with E-state index in [1.54, 1.807) is 0 Å². The van der Waals surface area contributed by atoms with Gasteiger partial charge in [0.05, 0.1) is 18.8 Å². The zero-order valence-corrected chi connectivity index (χ0v) is 29.1. The van der Waals surface area contributed by atoms with Crippen molar-refractivity contribution in [1.82, 2.24) is 15.9 Å². The molecule has 0 radical (unpaired) electrons. The van der Waals surface area contributed by atoms with E-state index in [1.807, 2.05) is 5.32 Å². The van der Waals surface area contributed by atoms with E-state index in [1.165, 1.54) is 0 Å². The Hall–Kier alpha value is -3.12. The van der Waals surface area contributed by atoms with E-state index < -0.39 is 131 Å². The van der Waals surface area contributed by atoms with Crippen molar-refractivity contribution in [3.63, 3.8) is 0 Å². The zero-order valence-electron chi connectivity index (χ0n) is 28.3. The molecule has 0 aliphatic carbocycles. The quantitative estimate of drug-likeness (QED) is 0.0363. The number of carboxylic acid groups (broad SMARTS) is 3. The van der Waals surface area contributed by atoms with Gasteiger partial charge >= 0.3 is 33.3 Å². The fraction of sp³-hybridized carbons (Fsp3) is 0.760. The number of hydrogen-bond acceptors (Lipinski definition) is 15. The first-order chi connectivity index (χ1) is 23.8. The average molecular weight is 783 g/mol. The number of unbranched alkanes of at least 4 members (excludes halogenated alkanes) is 1. The van der Waals surface area contributed by atoms with Crippen LogP contribution in [0.25, 0.3) is 0 Å². The van der Waals surface area contributed by atoms with Crippen LogP contribution in [0.3, 0.4) is 0 Å². The van der Waals surface area contributed by atoms with Gasteiger partial charge in [-0.1, -0.05) is 0 Å². The van der Waals surface area contributed by atoms with Crippen LogP contribution in [0.4, 0.5) is 0 Å². The maximum atomic E-state index is 14.4. The topological polar surface area (TPSA) is 414 Å². The van der Waals surface area contributed by atoms with E-state index in [-0.39, 0.29) is 24.7 Å². The third-order valence-electron chi connectivity index (χ3n) is 7.38. The summed E-state index contributed by atoms with van der Waals surface area (Å²) in [6.45, 7) is 0.568. The number of aliphatic carboxylic acids is 3. The van der Waals surface area contributed by atoms with Crippen molar-refractivity contribution in [1.29, 1.82) is 0 Å². The molecule has 0 spiro atoms. The first kappa shape index (κ1) is 44.0. The van der Waals surface area contributed by atoms with Gasteiger partial charge in [0.25, 0.3) is 0 Å². The summed E-state index contributed by atoms with van der Waals surface area (Å²) < 4.78 is 48.4. The fourth-order valence-corrected chi connectivity index (χ4v) is 7.65. The number of carboxylic acids is 3. The number of nitrogens with two attached hydrogens (primary N) is 2. The second-order valence-electron chi connectivity index (χ2n) is 11.5. The Balaban J connectivity index is 4.04. The number of rotatable bonds is 22. The van der Waals surface area contributed by atoms with Crippen LogP contribution in [0.15, 0.2) is 0 Å². The highest BCUT2D eigenvalue weighted by molar-refractivity contribution is 7.63. The van der Waals surface area contributed by atoms with E-state index in [9.17, 15) is 78.1 Å². The van der Waals surface area contributed by atoms with Crippen LogP contribution in [-0.4, -0.2) is 149 Å². The summed E-state index contributed by atoms with van der Waals surface area (Å²) in [5.41, 5.74) is 8.17. The molecule has 1 rings (SSSR count). The minimum absolute atomic E-state index is 0.167. The normalized spacial score (nSPS) is 25.1. The van der Waals surface area contributed by atoms with Gasteiger partial charge in [0.15, 0.2) is 13.1 Å². The van der Waals surface area contributed by atoms with Crippen LogP contribution in [0.1, 0.15) is 46.0 Å². The highest BCUT2D eigenvalue weighted by Gasteiger charge is 2.60. The Morgan fingerprint density at radius 3 is 2.08 bits per heavy atom. The Morgan fingerprint density at radius 1 is 1.00 bits per heavy atom. The summed E-state index contributed by atoms with van der Waals surface area (Å²) in [6, 6.07) is -5.83. The first-order valence-corrected chi connectivity index (χ1v) is 18.4. The van der Waals surface area contributed by atoms with Crippen LogP contribution in [-0.2, 0) is 51.7 Å². The molecule has 2 unspecified atom stereocenters. The molecule has 51 heavy (non-hydrogen) atoms. The molecule has 0 aromatic rings. The molecule has 0 aromatic carbocycles. The van der Waals surface area contributed by atoms with Gasteiger partial charge in [0.2, 0.25) is 17.7 Å². The Morgan fingerprint density at radius 2 is 1.61 bits per heavy atom. The molecule has 1 aliphatic heterocycles. The molecule has 294 valence electrons. The van der Waals surface area contributed by atoms with Crippen LogP contribution < -0.4 is 27.4 Å². The maximum Gasteiger partial charge on any atom is 0.476 e. The van der Waals surface area contributed by atoms with Gasteiger partial charge in [-0.05, 0) is 39.2 Å². The predicted octanol–water partition coefficient (Wildman–Crippen LogP) is -4.49. The van der Waals surface area contributed by atoms with Crippen molar-refractivity contribution in [3.05, 3.63) is 0 Å². The summed E-state index contributed by atoms with van der Waals surface area (Å²) in [5.74, 6) is -9.44. The van der Waals surface area contributed by atoms with Gasteiger partial charge in [0.1, 0.15) is 36.5 Å².